The summed E-state index contributed by atoms with van der Waals surface area (Å²) < 4.78 is 11.7. The molecule has 2 aromatic rings. The van der Waals surface area contributed by atoms with Crippen LogP contribution in [-0.2, 0) is 4.74 Å². The quantitative estimate of drug-likeness (QED) is 0.791. The molecule has 2 rings (SSSR count). The van der Waals surface area contributed by atoms with Gasteiger partial charge in [-0.2, -0.15) is 10.3 Å². The monoisotopic (exact) mass is 367 g/mol. The fourth-order valence-electron chi connectivity index (χ4n) is 1.83. The van der Waals surface area contributed by atoms with Gasteiger partial charge < -0.3 is 9.47 Å². The topological polar surface area (TPSA) is 77.1 Å². The van der Waals surface area contributed by atoms with Crippen molar-refractivity contribution in [1.29, 1.82) is 0 Å². The molecular weight excluding hydrogens is 350 g/mol. The molecule has 1 aromatic heterocycles. The van der Waals surface area contributed by atoms with Gasteiger partial charge in [0.25, 0.3) is 0 Å². The minimum absolute atomic E-state index is 0.148. The highest BCUT2D eigenvalue weighted by molar-refractivity contribution is 9.10. The van der Waals surface area contributed by atoms with Crippen molar-refractivity contribution in [2.75, 3.05) is 13.2 Å². The molecule has 0 unspecified atom stereocenters. The molecule has 0 saturated heterocycles. The Balaban J connectivity index is 2.41. The van der Waals surface area contributed by atoms with E-state index in [1.807, 2.05) is 18.2 Å². The lowest BCUT2D eigenvalue weighted by molar-refractivity contribution is 0.0520. The number of hydrogen-bond donors (Lipinski definition) is 1. The van der Waals surface area contributed by atoms with Crippen molar-refractivity contribution in [3.8, 4) is 17.0 Å². The highest BCUT2D eigenvalue weighted by atomic mass is 79.9. The van der Waals surface area contributed by atoms with E-state index in [0.29, 0.717) is 29.5 Å². The van der Waals surface area contributed by atoms with Gasteiger partial charge in [0.15, 0.2) is 5.69 Å². The van der Waals surface area contributed by atoms with E-state index < -0.39 is 5.97 Å². The molecule has 0 radical (unpaired) electrons. The first-order valence-corrected chi connectivity index (χ1v) is 7.82. The van der Waals surface area contributed by atoms with Crippen molar-refractivity contribution in [3.63, 3.8) is 0 Å². The number of H-pyrrole nitrogens is 1. The highest BCUT2D eigenvalue weighted by Crippen LogP contribution is 2.33. The van der Waals surface area contributed by atoms with E-state index in [2.05, 4.69) is 45.2 Å². The maximum Gasteiger partial charge on any atom is 0.361 e. The number of benzene rings is 1. The Morgan fingerprint density at radius 2 is 2.14 bits per heavy atom. The first-order valence-electron chi connectivity index (χ1n) is 7.03. The molecule has 118 valence electrons. The number of carbonyl (C=O) groups is 1. The molecule has 0 fully saturated rings. The van der Waals surface area contributed by atoms with Crippen LogP contribution in [0.25, 0.3) is 11.3 Å². The molecule has 0 aliphatic carbocycles. The number of rotatable bonds is 6. The molecule has 0 aliphatic heterocycles. The van der Waals surface area contributed by atoms with Crippen LogP contribution in [0.2, 0.25) is 0 Å². The maximum absolute atomic E-state index is 12.0. The molecule has 1 heterocycles. The van der Waals surface area contributed by atoms with Gasteiger partial charge in [-0.05, 0) is 31.0 Å². The summed E-state index contributed by atoms with van der Waals surface area (Å²) in [5, 5.41) is 10.5. The predicted octanol–water partition coefficient (Wildman–Crippen LogP) is 3.45. The molecule has 0 bridgehead atoms. The van der Waals surface area contributed by atoms with Crippen LogP contribution in [0, 0.1) is 5.92 Å². The van der Waals surface area contributed by atoms with Crippen LogP contribution in [0.4, 0.5) is 0 Å². The van der Waals surface area contributed by atoms with Gasteiger partial charge in [0, 0.05) is 10.0 Å². The third-order valence-corrected chi connectivity index (χ3v) is 3.28. The molecule has 1 aromatic carbocycles. The minimum atomic E-state index is -0.513. The second kappa shape index (κ2) is 7.40. The second-order valence-electron chi connectivity index (χ2n) is 5.09. The fraction of sp³-hybridized carbons (Fsp3) is 0.400. The van der Waals surface area contributed by atoms with Crippen molar-refractivity contribution in [2.24, 2.45) is 5.92 Å². The number of esters is 1. The summed E-state index contributed by atoms with van der Waals surface area (Å²) in [5.74, 6) is 0.524. The molecule has 0 spiro atoms. The molecule has 22 heavy (non-hydrogen) atoms. The number of nitrogens with zero attached hydrogens (tertiary/aromatic N) is 2. The summed E-state index contributed by atoms with van der Waals surface area (Å²) in [6, 6.07) is 5.56. The van der Waals surface area contributed by atoms with E-state index in [0.717, 1.165) is 4.47 Å². The SMILES string of the molecule is CCOC(=O)c1n[nH]nc1-c1cc(Br)ccc1OCC(C)C. The van der Waals surface area contributed by atoms with E-state index in [4.69, 9.17) is 9.47 Å². The smallest absolute Gasteiger partial charge is 0.361 e. The number of carbonyl (C=O) groups excluding carboxylic acids is 1. The van der Waals surface area contributed by atoms with E-state index in [1.165, 1.54) is 0 Å². The van der Waals surface area contributed by atoms with E-state index >= 15 is 0 Å². The molecule has 7 heteroatoms. The van der Waals surface area contributed by atoms with Crippen molar-refractivity contribution in [3.05, 3.63) is 28.4 Å². The van der Waals surface area contributed by atoms with Crippen LogP contribution in [0.15, 0.2) is 22.7 Å². The molecule has 0 aliphatic rings. The van der Waals surface area contributed by atoms with Gasteiger partial charge in [0.05, 0.1) is 13.2 Å². The number of ether oxygens (including phenoxy) is 2. The molecule has 0 atom stereocenters. The average Bonchev–Trinajstić information content (AvgIpc) is 2.95. The van der Waals surface area contributed by atoms with Crippen molar-refractivity contribution in [1.82, 2.24) is 15.4 Å². The number of aromatic amines is 1. The van der Waals surface area contributed by atoms with E-state index in [9.17, 15) is 4.79 Å². The Bertz CT molecular complexity index is 655. The van der Waals surface area contributed by atoms with Crippen LogP contribution >= 0.6 is 15.9 Å². The van der Waals surface area contributed by atoms with Crippen LogP contribution in [0.5, 0.6) is 5.75 Å². The first-order chi connectivity index (χ1) is 10.5. The molecular formula is C15H18BrN3O3. The molecule has 6 nitrogen and oxygen atoms in total. The summed E-state index contributed by atoms with van der Waals surface area (Å²) in [7, 11) is 0. The van der Waals surface area contributed by atoms with Gasteiger partial charge in [-0.15, -0.1) is 5.10 Å². The van der Waals surface area contributed by atoms with Crippen LogP contribution in [0.1, 0.15) is 31.3 Å². The summed E-state index contributed by atoms with van der Waals surface area (Å²) in [5.41, 5.74) is 1.25. The Hall–Kier alpha value is -1.89. The summed E-state index contributed by atoms with van der Waals surface area (Å²) in [4.78, 5) is 12.0. The zero-order valence-electron chi connectivity index (χ0n) is 12.7. The zero-order valence-corrected chi connectivity index (χ0v) is 14.3. The van der Waals surface area contributed by atoms with Gasteiger partial charge in [0.2, 0.25) is 0 Å². The Morgan fingerprint density at radius 3 is 2.82 bits per heavy atom. The fourth-order valence-corrected chi connectivity index (χ4v) is 2.19. The number of hydrogen-bond acceptors (Lipinski definition) is 5. The maximum atomic E-state index is 12.0. The summed E-state index contributed by atoms with van der Waals surface area (Å²) in [6.07, 6.45) is 0. The first kappa shape index (κ1) is 16.5. The minimum Gasteiger partial charge on any atom is -0.493 e. The number of halogens is 1. The van der Waals surface area contributed by atoms with Crippen LogP contribution in [0.3, 0.4) is 0 Å². The van der Waals surface area contributed by atoms with Gasteiger partial charge in [-0.1, -0.05) is 29.8 Å². The summed E-state index contributed by atoms with van der Waals surface area (Å²) >= 11 is 3.42. The Kier molecular flexibility index (Phi) is 5.54. The van der Waals surface area contributed by atoms with Gasteiger partial charge in [-0.3, -0.25) is 0 Å². The lowest BCUT2D eigenvalue weighted by atomic mass is 10.1. The zero-order chi connectivity index (χ0) is 16.1. The number of nitrogens with one attached hydrogen (secondary N) is 1. The van der Waals surface area contributed by atoms with E-state index in [1.54, 1.807) is 6.92 Å². The second-order valence-corrected chi connectivity index (χ2v) is 6.00. The third kappa shape index (κ3) is 3.85. The standard InChI is InChI=1S/C15H18BrN3O3/c1-4-21-15(20)14-13(17-19-18-14)11-7-10(16)5-6-12(11)22-8-9(2)3/h5-7,9H,4,8H2,1-3H3,(H,17,18,19). The van der Waals surface area contributed by atoms with Crippen molar-refractivity contribution in [2.45, 2.75) is 20.8 Å². The van der Waals surface area contributed by atoms with Gasteiger partial charge in [0.1, 0.15) is 11.4 Å². The Morgan fingerprint density at radius 1 is 1.36 bits per heavy atom. The Labute approximate surface area is 137 Å². The largest absolute Gasteiger partial charge is 0.493 e. The lowest BCUT2D eigenvalue weighted by Crippen LogP contribution is -2.08. The average molecular weight is 368 g/mol. The predicted molar refractivity (Wildman–Crippen MR) is 85.8 cm³/mol. The van der Waals surface area contributed by atoms with Crippen LogP contribution in [-0.4, -0.2) is 34.6 Å². The molecule has 0 amide bonds. The summed E-state index contributed by atoms with van der Waals surface area (Å²) in [6.45, 7) is 6.73. The third-order valence-electron chi connectivity index (χ3n) is 2.79. The lowest BCUT2D eigenvalue weighted by Gasteiger charge is -2.13. The number of aromatic nitrogens is 3. The highest BCUT2D eigenvalue weighted by Gasteiger charge is 2.22. The van der Waals surface area contributed by atoms with Gasteiger partial charge >= 0.3 is 5.97 Å². The normalized spacial score (nSPS) is 10.8. The van der Waals surface area contributed by atoms with Crippen LogP contribution < -0.4 is 4.74 Å². The molecule has 1 N–H and O–H groups in total. The van der Waals surface area contributed by atoms with Crippen molar-refractivity contribution >= 4 is 21.9 Å². The van der Waals surface area contributed by atoms with E-state index in [-0.39, 0.29) is 12.3 Å². The molecule has 0 saturated carbocycles. The van der Waals surface area contributed by atoms with Gasteiger partial charge in [-0.25, -0.2) is 4.79 Å². The van der Waals surface area contributed by atoms with Crippen molar-refractivity contribution < 1.29 is 14.3 Å².